The lowest BCUT2D eigenvalue weighted by Gasteiger charge is -2.31. The average Bonchev–Trinajstić information content (AvgIpc) is 2.20. The molecule has 0 aromatic carbocycles. The summed E-state index contributed by atoms with van der Waals surface area (Å²) in [6.07, 6.45) is 3.27. The molecule has 1 aliphatic carbocycles. The Morgan fingerprint density at radius 3 is 2.59 bits per heavy atom. The number of hydrogen-bond donors (Lipinski definition) is 2. The highest BCUT2D eigenvalue weighted by Gasteiger charge is 2.39. The van der Waals surface area contributed by atoms with Gasteiger partial charge < -0.3 is 10.4 Å². The van der Waals surface area contributed by atoms with E-state index >= 15 is 0 Å². The first-order chi connectivity index (χ1) is 7.85. The van der Waals surface area contributed by atoms with E-state index in [4.69, 9.17) is 0 Å². The number of nitrogens with one attached hydrogen (secondary N) is 1. The first-order valence-corrected chi connectivity index (χ1v) is 5.90. The van der Waals surface area contributed by atoms with Crippen molar-refractivity contribution in [3.05, 3.63) is 0 Å². The van der Waals surface area contributed by atoms with Crippen LogP contribution in [0, 0.1) is 5.92 Å². The molecular weight excluding hydrogens is 222 g/mol. The van der Waals surface area contributed by atoms with Gasteiger partial charge in [0, 0.05) is 19.3 Å². The Balaban J connectivity index is 2.75. The molecule has 0 radical (unpaired) electrons. The van der Waals surface area contributed by atoms with E-state index in [0.717, 1.165) is 19.3 Å². The van der Waals surface area contributed by atoms with E-state index in [1.807, 2.05) is 0 Å². The fourth-order valence-corrected chi connectivity index (χ4v) is 2.34. The van der Waals surface area contributed by atoms with Crippen molar-refractivity contribution in [1.82, 2.24) is 5.32 Å². The minimum Gasteiger partial charge on any atom is -0.480 e. The Labute approximate surface area is 101 Å². The van der Waals surface area contributed by atoms with Crippen LogP contribution in [0.1, 0.15) is 46.0 Å². The minimum absolute atomic E-state index is 0.120. The van der Waals surface area contributed by atoms with Crippen LogP contribution in [0.25, 0.3) is 0 Å². The van der Waals surface area contributed by atoms with E-state index in [9.17, 15) is 19.5 Å². The molecule has 2 atom stereocenters. The highest BCUT2D eigenvalue weighted by Crippen LogP contribution is 2.28. The van der Waals surface area contributed by atoms with Gasteiger partial charge in [0.25, 0.3) is 0 Å². The third-order valence-corrected chi connectivity index (χ3v) is 3.26. The molecule has 5 nitrogen and oxygen atoms in total. The Kier molecular flexibility index (Phi) is 4.26. The van der Waals surface area contributed by atoms with Crippen LogP contribution >= 0.6 is 0 Å². The van der Waals surface area contributed by atoms with E-state index in [1.165, 1.54) is 13.8 Å². The standard InChI is InChI=1S/C12H19NO4/c1-8(14)13-12(2,11(16)17)7-9-5-3-4-6-10(9)15/h9H,3-7H2,1-2H3,(H,13,14)(H,16,17). The van der Waals surface area contributed by atoms with E-state index in [1.54, 1.807) is 0 Å². The Morgan fingerprint density at radius 1 is 1.47 bits per heavy atom. The molecule has 0 heterocycles. The van der Waals surface area contributed by atoms with Crippen molar-refractivity contribution in [2.24, 2.45) is 5.92 Å². The highest BCUT2D eigenvalue weighted by molar-refractivity contribution is 5.87. The summed E-state index contributed by atoms with van der Waals surface area (Å²) >= 11 is 0. The van der Waals surface area contributed by atoms with E-state index in [-0.39, 0.29) is 18.1 Å². The van der Waals surface area contributed by atoms with Crippen LogP contribution in [-0.2, 0) is 14.4 Å². The second-order valence-electron chi connectivity index (χ2n) is 4.93. The number of rotatable bonds is 4. The van der Waals surface area contributed by atoms with Crippen molar-refractivity contribution in [1.29, 1.82) is 0 Å². The molecule has 96 valence electrons. The zero-order chi connectivity index (χ0) is 13.1. The molecule has 0 spiro atoms. The number of carbonyl (C=O) groups is 3. The number of carboxylic acid groups (broad SMARTS) is 1. The van der Waals surface area contributed by atoms with Gasteiger partial charge in [0.05, 0.1) is 0 Å². The van der Waals surface area contributed by atoms with Gasteiger partial charge in [0.2, 0.25) is 5.91 Å². The summed E-state index contributed by atoms with van der Waals surface area (Å²) in [4.78, 5) is 33.9. The summed E-state index contributed by atoms with van der Waals surface area (Å²) in [6.45, 7) is 2.74. The molecule has 1 aliphatic rings. The van der Waals surface area contributed by atoms with Gasteiger partial charge >= 0.3 is 5.97 Å². The average molecular weight is 241 g/mol. The maximum Gasteiger partial charge on any atom is 0.329 e. The molecular formula is C12H19NO4. The third-order valence-electron chi connectivity index (χ3n) is 3.26. The molecule has 0 bridgehead atoms. The van der Waals surface area contributed by atoms with Crippen molar-refractivity contribution in [2.45, 2.75) is 51.5 Å². The lowest BCUT2D eigenvalue weighted by Crippen LogP contribution is -2.53. The molecule has 0 saturated heterocycles. The van der Waals surface area contributed by atoms with Crippen LogP contribution in [0.4, 0.5) is 0 Å². The number of ketones is 1. The number of aliphatic carboxylic acids is 1. The summed E-state index contributed by atoms with van der Waals surface area (Å²) in [5, 5.41) is 11.6. The lowest BCUT2D eigenvalue weighted by atomic mass is 9.79. The minimum atomic E-state index is -1.34. The third kappa shape index (κ3) is 3.54. The summed E-state index contributed by atoms with van der Waals surface area (Å²) < 4.78 is 0. The van der Waals surface area contributed by atoms with Crippen molar-refractivity contribution in [3.63, 3.8) is 0 Å². The zero-order valence-corrected chi connectivity index (χ0v) is 10.3. The van der Waals surface area contributed by atoms with Crippen LogP contribution in [0.15, 0.2) is 0 Å². The van der Waals surface area contributed by atoms with Crippen molar-refractivity contribution >= 4 is 17.7 Å². The molecule has 1 amide bonds. The van der Waals surface area contributed by atoms with Gasteiger partial charge in [-0.2, -0.15) is 0 Å². The summed E-state index contributed by atoms with van der Waals surface area (Å²) in [5.74, 6) is -1.60. The molecule has 0 aliphatic heterocycles. The quantitative estimate of drug-likeness (QED) is 0.772. The van der Waals surface area contributed by atoms with Crippen LogP contribution in [0.2, 0.25) is 0 Å². The van der Waals surface area contributed by atoms with Gasteiger partial charge in [-0.15, -0.1) is 0 Å². The maximum absolute atomic E-state index is 11.7. The molecule has 1 rings (SSSR count). The number of carboxylic acids is 1. The van der Waals surface area contributed by atoms with Crippen molar-refractivity contribution < 1.29 is 19.5 Å². The predicted octanol–water partition coefficient (Wildman–Crippen LogP) is 1.12. The van der Waals surface area contributed by atoms with E-state index in [0.29, 0.717) is 6.42 Å². The Morgan fingerprint density at radius 2 is 2.12 bits per heavy atom. The number of amides is 1. The van der Waals surface area contributed by atoms with Gasteiger partial charge in [-0.3, -0.25) is 9.59 Å². The largest absolute Gasteiger partial charge is 0.480 e. The Bertz CT molecular complexity index is 339. The predicted molar refractivity (Wildman–Crippen MR) is 61.4 cm³/mol. The molecule has 5 heteroatoms. The van der Waals surface area contributed by atoms with Gasteiger partial charge in [-0.25, -0.2) is 4.79 Å². The van der Waals surface area contributed by atoms with Crippen LogP contribution < -0.4 is 5.32 Å². The second-order valence-corrected chi connectivity index (χ2v) is 4.93. The molecule has 2 N–H and O–H groups in total. The zero-order valence-electron chi connectivity index (χ0n) is 10.3. The van der Waals surface area contributed by atoms with Gasteiger partial charge in [-0.05, 0) is 26.2 Å². The van der Waals surface area contributed by atoms with E-state index in [2.05, 4.69) is 5.32 Å². The second kappa shape index (κ2) is 5.29. The van der Waals surface area contributed by atoms with Crippen molar-refractivity contribution in [2.75, 3.05) is 0 Å². The fraction of sp³-hybridized carbons (Fsp3) is 0.750. The van der Waals surface area contributed by atoms with Gasteiger partial charge in [0.1, 0.15) is 11.3 Å². The fourth-order valence-electron chi connectivity index (χ4n) is 2.34. The highest BCUT2D eigenvalue weighted by atomic mass is 16.4. The summed E-state index contributed by atoms with van der Waals surface area (Å²) in [6, 6.07) is 0. The molecule has 1 saturated carbocycles. The van der Waals surface area contributed by atoms with Crippen molar-refractivity contribution in [3.8, 4) is 0 Å². The maximum atomic E-state index is 11.7. The molecule has 2 unspecified atom stereocenters. The van der Waals surface area contributed by atoms with Gasteiger partial charge in [0.15, 0.2) is 0 Å². The first-order valence-electron chi connectivity index (χ1n) is 5.90. The summed E-state index contributed by atoms with van der Waals surface area (Å²) in [5.41, 5.74) is -1.34. The SMILES string of the molecule is CC(=O)NC(C)(CC1CCCCC1=O)C(=O)O. The smallest absolute Gasteiger partial charge is 0.329 e. The topological polar surface area (TPSA) is 83.5 Å². The molecule has 17 heavy (non-hydrogen) atoms. The number of carbonyl (C=O) groups excluding carboxylic acids is 2. The van der Waals surface area contributed by atoms with Crippen LogP contribution in [-0.4, -0.2) is 28.3 Å². The monoisotopic (exact) mass is 241 g/mol. The number of Topliss-reactive ketones (excluding diaryl/α,β-unsaturated/α-hetero) is 1. The van der Waals surface area contributed by atoms with Crippen LogP contribution in [0.5, 0.6) is 0 Å². The molecule has 1 fully saturated rings. The Hall–Kier alpha value is -1.39. The summed E-state index contributed by atoms with van der Waals surface area (Å²) in [7, 11) is 0. The van der Waals surface area contributed by atoms with Crippen LogP contribution in [0.3, 0.4) is 0 Å². The van der Waals surface area contributed by atoms with Gasteiger partial charge in [-0.1, -0.05) is 6.42 Å². The molecule has 0 aromatic heterocycles. The van der Waals surface area contributed by atoms with E-state index < -0.39 is 17.4 Å². The first kappa shape index (κ1) is 13.7. The number of hydrogen-bond acceptors (Lipinski definition) is 3. The normalized spacial score (nSPS) is 23.9. The lowest BCUT2D eigenvalue weighted by molar-refractivity contribution is -0.148. The molecule has 0 aromatic rings.